The van der Waals surface area contributed by atoms with Gasteiger partial charge in [0.1, 0.15) is 0 Å². The second-order valence-electron chi connectivity index (χ2n) is 6.89. The van der Waals surface area contributed by atoms with E-state index in [4.69, 9.17) is 0 Å². The number of β-lactam (4-membered cyclic amide) rings is 1. The Kier molecular flexibility index (Phi) is 8.40. The summed E-state index contributed by atoms with van der Waals surface area (Å²) in [7, 11) is 0. The molecule has 1 aliphatic rings. The number of amides is 1. The van der Waals surface area contributed by atoms with Crippen molar-refractivity contribution in [1.82, 2.24) is 4.90 Å². The number of benzene rings is 1. The van der Waals surface area contributed by atoms with Gasteiger partial charge in [-0.1, -0.05) is 51.0 Å². The average molecular weight is 391 g/mol. The number of aliphatic hydroxyl groups excluding tert-OH is 1. The van der Waals surface area contributed by atoms with E-state index in [1.807, 2.05) is 18.7 Å². The van der Waals surface area contributed by atoms with E-state index in [9.17, 15) is 9.90 Å². The first-order valence-electron chi connectivity index (χ1n) is 8.29. The van der Waals surface area contributed by atoms with Crippen LogP contribution in [0.3, 0.4) is 0 Å². The van der Waals surface area contributed by atoms with Gasteiger partial charge in [-0.25, -0.2) is 0 Å². The van der Waals surface area contributed by atoms with Crippen LogP contribution in [0, 0.1) is 6.92 Å². The number of aliphatic hydroxyl groups is 1. The Balaban J connectivity index is 0.00000264. The monoisotopic (exact) mass is 391 g/mol. The van der Waals surface area contributed by atoms with Crippen LogP contribution < -0.4 is 0 Å². The molecule has 1 fully saturated rings. The van der Waals surface area contributed by atoms with Gasteiger partial charge >= 0.3 is 0 Å². The first-order chi connectivity index (χ1) is 10.5. The van der Waals surface area contributed by atoms with Crippen LogP contribution in [0.25, 0.3) is 0 Å². The van der Waals surface area contributed by atoms with Crippen LogP contribution in [-0.4, -0.2) is 29.1 Å². The molecule has 1 aliphatic heterocycles. The van der Waals surface area contributed by atoms with E-state index in [1.165, 1.54) is 5.56 Å². The van der Waals surface area contributed by atoms with Crippen molar-refractivity contribution in [2.24, 2.45) is 0 Å². The zero-order valence-corrected chi connectivity index (χ0v) is 17.3. The van der Waals surface area contributed by atoms with E-state index in [1.54, 1.807) is 0 Å². The minimum absolute atomic E-state index is 0. The Labute approximate surface area is 165 Å². The van der Waals surface area contributed by atoms with Crippen LogP contribution in [0.4, 0.5) is 0 Å². The average Bonchev–Trinajstić information content (AvgIpc) is 2.52. The summed E-state index contributed by atoms with van der Waals surface area (Å²) in [6.07, 6.45) is 4.94. The predicted molar refractivity (Wildman–Crippen MR) is 89.4 cm³/mol. The molecule has 1 saturated heterocycles. The van der Waals surface area contributed by atoms with Crippen molar-refractivity contribution < 1.29 is 42.6 Å². The SMILES string of the molecule is [CH2-]CCCCCN1C(=O)C[C@@H]1c1ccc(C(C)(C)CO)cc1.[Y]. The second kappa shape index (κ2) is 9.29. The van der Waals surface area contributed by atoms with Gasteiger partial charge in [0.2, 0.25) is 5.91 Å². The van der Waals surface area contributed by atoms with Gasteiger partial charge in [0.25, 0.3) is 0 Å². The van der Waals surface area contributed by atoms with Gasteiger partial charge in [0.15, 0.2) is 0 Å². The maximum absolute atomic E-state index is 11.8. The van der Waals surface area contributed by atoms with Crippen molar-refractivity contribution in [3.63, 3.8) is 0 Å². The van der Waals surface area contributed by atoms with E-state index >= 15 is 0 Å². The summed E-state index contributed by atoms with van der Waals surface area (Å²) in [6.45, 7) is 8.90. The quantitative estimate of drug-likeness (QED) is 0.418. The molecule has 23 heavy (non-hydrogen) atoms. The third kappa shape index (κ3) is 5.11. The molecule has 1 atom stereocenters. The van der Waals surface area contributed by atoms with Crippen LogP contribution >= 0.6 is 0 Å². The summed E-state index contributed by atoms with van der Waals surface area (Å²) in [5.41, 5.74) is 2.11. The molecule has 0 saturated carbocycles. The van der Waals surface area contributed by atoms with Gasteiger partial charge in [-0.05, 0) is 17.5 Å². The van der Waals surface area contributed by atoms with Gasteiger partial charge in [-0.2, -0.15) is 6.42 Å². The predicted octanol–water partition coefficient (Wildman–Crippen LogP) is 3.62. The van der Waals surface area contributed by atoms with Gasteiger partial charge in [0, 0.05) is 44.7 Å². The minimum Gasteiger partial charge on any atom is -0.395 e. The molecule has 1 N–H and O–H groups in total. The molecular weight excluding hydrogens is 363 g/mol. The Morgan fingerprint density at radius 3 is 2.39 bits per heavy atom. The third-order valence-corrected chi connectivity index (χ3v) is 4.69. The number of carbonyl (C=O) groups excluding carboxylic acids is 1. The first-order valence-corrected chi connectivity index (χ1v) is 8.29. The van der Waals surface area contributed by atoms with Gasteiger partial charge in [-0.3, -0.25) is 4.79 Å². The van der Waals surface area contributed by atoms with Crippen LogP contribution in [0.2, 0.25) is 0 Å². The number of rotatable bonds is 8. The van der Waals surface area contributed by atoms with Gasteiger partial charge in [-0.15, -0.1) is 0 Å². The number of nitrogens with zero attached hydrogens (tertiary/aromatic N) is 1. The van der Waals surface area contributed by atoms with E-state index in [0.717, 1.165) is 37.8 Å². The van der Waals surface area contributed by atoms with E-state index in [2.05, 4.69) is 31.2 Å². The molecular formula is C19H28NO2Y-. The van der Waals surface area contributed by atoms with Crippen LogP contribution in [-0.2, 0) is 42.9 Å². The maximum Gasteiger partial charge on any atom is 0.225 e. The molecule has 2 rings (SSSR count). The van der Waals surface area contributed by atoms with E-state index in [0.29, 0.717) is 6.42 Å². The molecule has 0 aromatic heterocycles. The minimum atomic E-state index is -0.220. The molecule has 3 nitrogen and oxygen atoms in total. The van der Waals surface area contributed by atoms with Gasteiger partial charge < -0.3 is 16.9 Å². The summed E-state index contributed by atoms with van der Waals surface area (Å²) < 4.78 is 0. The van der Waals surface area contributed by atoms with Crippen molar-refractivity contribution in [1.29, 1.82) is 0 Å². The fourth-order valence-corrected chi connectivity index (χ4v) is 2.92. The van der Waals surface area contributed by atoms with E-state index in [-0.39, 0.29) is 56.7 Å². The molecule has 0 aliphatic carbocycles. The fourth-order valence-electron chi connectivity index (χ4n) is 2.92. The summed E-state index contributed by atoms with van der Waals surface area (Å²) in [5.74, 6) is 0.263. The summed E-state index contributed by atoms with van der Waals surface area (Å²) in [5, 5.41) is 9.44. The molecule has 0 unspecified atom stereocenters. The topological polar surface area (TPSA) is 40.5 Å². The Bertz CT molecular complexity index is 499. The molecule has 1 heterocycles. The number of carbonyl (C=O) groups is 1. The van der Waals surface area contributed by atoms with Crippen molar-refractivity contribution in [3.05, 3.63) is 42.3 Å². The molecule has 0 bridgehead atoms. The number of unbranched alkanes of at least 4 members (excludes halogenated alkanes) is 3. The molecule has 4 heteroatoms. The summed E-state index contributed by atoms with van der Waals surface area (Å²) in [6, 6.07) is 8.60. The zero-order valence-electron chi connectivity index (χ0n) is 14.4. The number of hydrogen-bond acceptors (Lipinski definition) is 2. The largest absolute Gasteiger partial charge is 0.395 e. The van der Waals surface area contributed by atoms with Gasteiger partial charge in [0.05, 0.1) is 19.1 Å². The zero-order chi connectivity index (χ0) is 16.2. The van der Waals surface area contributed by atoms with Crippen molar-refractivity contribution >= 4 is 5.91 Å². The van der Waals surface area contributed by atoms with Crippen molar-refractivity contribution in [2.45, 2.75) is 57.4 Å². The van der Waals surface area contributed by atoms with E-state index < -0.39 is 0 Å². The van der Waals surface area contributed by atoms with Crippen LogP contribution in [0.1, 0.15) is 63.1 Å². The number of likely N-dealkylation sites (tertiary alicyclic amines) is 1. The normalized spacial score (nSPS) is 17.7. The third-order valence-electron chi connectivity index (χ3n) is 4.69. The summed E-state index contributed by atoms with van der Waals surface area (Å²) in [4.78, 5) is 13.8. The second-order valence-corrected chi connectivity index (χ2v) is 6.89. The molecule has 1 radical (unpaired) electrons. The van der Waals surface area contributed by atoms with Crippen LogP contribution in [0.5, 0.6) is 0 Å². The Morgan fingerprint density at radius 1 is 1.22 bits per heavy atom. The number of hydrogen-bond donors (Lipinski definition) is 1. The summed E-state index contributed by atoms with van der Waals surface area (Å²) >= 11 is 0. The fraction of sp³-hybridized carbons (Fsp3) is 0.579. The Morgan fingerprint density at radius 2 is 1.87 bits per heavy atom. The van der Waals surface area contributed by atoms with Crippen molar-refractivity contribution in [3.8, 4) is 0 Å². The van der Waals surface area contributed by atoms with Crippen LogP contribution in [0.15, 0.2) is 24.3 Å². The smallest absolute Gasteiger partial charge is 0.225 e. The molecule has 1 aromatic rings. The molecule has 1 amide bonds. The molecule has 1 aromatic carbocycles. The Hall–Kier alpha value is -0.246. The standard InChI is InChI=1S/C19H28NO2.Y/c1-4-5-6-7-12-20-17(13-18(20)22)15-8-10-16(11-9-15)19(2,3)14-21;/h8-11,17,21H,1,4-7,12-14H2,2-3H3;/q-1;/t17-;/m1./s1. The maximum atomic E-state index is 11.8. The first kappa shape index (κ1) is 20.8. The molecule has 0 spiro atoms. The molecule has 125 valence electrons. The van der Waals surface area contributed by atoms with Crippen molar-refractivity contribution in [2.75, 3.05) is 13.2 Å².